The number of carbonyl (C=O) groups excluding carboxylic acids is 7. The van der Waals surface area contributed by atoms with E-state index in [1.807, 2.05) is 100 Å². The highest BCUT2D eigenvalue weighted by Crippen LogP contribution is 2.44. The van der Waals surface area contributed by atoms with Gasteiger partial charge in [0.2, 0.25) is 0 Å². The number of esters is 7. The van der Waals surface area contributed by atoms with Crippen LogP contribution in [-0.4, -0.2) is 122 Å². The van der Waals surface area contributed by atoms with Crippen LogP contribution in [0.3, 0.4) is 0 Å². The van der Waals surface area contributed by atoms with Crippen molar-refractivity contribution in [2.45, 2.75) is 470 Å². The van der Waals surface area contributed by atoms with Crippen molar-refractivity contribution in [3.05, 3.63) is 29.8 Å². The first-order valence-corrected chi connectivity index (χ1v) is 49.0. The number of benzene rings is 1. The predicted octanol–water partition coefficient (Wildman–Crippen LogP) is 30.2. The third-order valence-electron chi connectivity index (χ3n) is 23.4. The van der Waals surface area contributed by atoms with E-state index in [-0.39, 0.29) is 52.6 Å². The van der Waals surface area contributed by atoms with E-state index in [4.69, 9.17) is 28.8 Å². The fourth-order valence-electron chi connectivity index (χ4n) is 9.29. The molecule has 1 aliphatic rings. The minimum absolute atomic E-state index is 0.0197. The van der Waals surface area contributed by atoms with Crippen molar-refractivity contribution in [2.75, 3.05) is 6.61 Å². The van der Waals surface area contributed by atoms with Crippen molar-refractivity contribution in [1.82, 2.24) is 0 Å². The van der Waals surface area contributed by atoms with Gasteiger partial charge < -0.3 is 38.3 Å². The number of carboxylic acid groups (broad SMARTS) is 1. The van der Waals surface area contributed by atoms with Crippen molar-refractivity contribution in [3.8, 4) is 5.75 Å². The van der Waals surface area contributed by atoms with Crippen LogP contribution in [0.5, 0.6) is 5.75 Å². The van der Waals surface area contributed by atoms with Crippen LogP contribution < -0.4 is 4.74 Å². The maximum atomic E-state index is 12.6. The van der Waals surface area contributed by atoms with Gasteiger partial charge in [0.05, 0.1) is 56.5 Å². The molecule has 7 atom stereocenters. The Morgan fingerprint density at radius 1 is 0.437 bits per heavy atom. The number of rotatable bonds is 33. The highest BCUT2D eigenvalue weighted by molar-refractivity contribution is 6.76. The monoisotopic (exact) mass is 1850 g/mol. The van der Waals surface area contributed by atoms with Crippen molar-refractivity contribution in [2.24, 2.45) is 61.1 Å². The second-order valence-electron chi connectivity index (χ2n) is 41.3. The van der Waals surface area contributed by atoms with Gasteiger partial charge in [-0.05, 0) is 277 Å². The van der Waals surface area contributed by atoms with Gasteiger partial charge in [0.15, 0.2) is 17.6 Å². The van der Waals surface area contributed by atoms with Crippen molar-refractivity contribution < 1.29 is 129 Å². The van der Waals surface area contributed by atoms with Crippen LogP contribution in [0.4, 0.5) is 52.7 Å². The van der Waals surface area contributed by atoms with Crippen molar-refractivity contribution >= 4 is 55.8 Å². The van der Waals surface area contributed by atoms with Gasteiger partial charge in [-0.25, -0.2) is 0 Å². The fourth-order valence-corrected chi connectivity index (χ4v) is 11.7. The summed E-state index contributed by atoms with van der Waals surface area (Å²) in [4.78, 5) is 91.4. The molecule has 0 spiro atoms. The molecule has 0 radical (unpaired) electrons. The van der Waals surface area contributed by atoms with Gasteiger partial charge in [-0.3, -0.25) is 38.4 Å². The molecule has 1 aliphatic carbocycles. The van der Waals surface area contributed by atoms with E-state index in [1.165, 1.54) is 84.8 Å². The summed E-state index contributed by atoms with van der Waals surface area (Å²) in [5.74, 6) is -3.61. The molecular formula is C97H176F12O16Si. The number of hydrogen-bond acceptors (Lipinski definition) is 15. The smallest absolute Gasteiger partial charge is 0.425 e. The van der Waals surface area contributed by atoms with E-state index >= 15 is 0 Å². The number of carboxylic acids is 1. The molecule has 1 aromatic rings. The zero-order chi connectivity index (χ0) is 102. The fraction of sp³-hybridized carbons (Fsp3) is 0.856. The number of carbonyl (C=O) groups is 8. The number of halogens is 12. The van der Waals surface area contributed by atoms with E-state index in [1.54, 1.807) is 69.2 Å². The minimum Gasteiger partial charge on any atom is -0.481 e. The van der Waals surface area contributed by atoms with Crippen LogP contribution in [0.15, 0.2) is 24.3 Å². The average Bonchev–Trinajstić information content (AvgIpc) is 0.910. The van der Waals surface area contributed by atoms with Crippen molar-refractivity contribution in [3.63, 3.8) is 0 Å². The average molecular weight is 1850 g/mol. The Kier molecular flexibility index (Phi) is 61.0. The lowest BCUT2D eigenvalue weighted by molar-refractivity contribution is -0.236. The molecule has 29 heteroatoms. The molecule has 0 amide bonds. The number of aliphatic carboxylic acids is 1. The maximum absolute atomic E-state index is 12.6. The van der Waals surface area contributed by atoms with Gasteiger partial charge in [0.1, 0.15) is 17.0 Å². The van der Waals surface area contributed by atoms with E-state index in [9.17, 15) is 91.0 Å². The summed E-state index contributed by atoms with van der Waals surface area (Å²) in [5, 5.41) is 8.44. The highest BCUT2D eigenvalue weighted by atomic mass is 28.3. The molecule has 748 valence electrons. The molecule has 1 saturated carbocycles. The number of hydrogen-bond donors (Lipinski definition) is 1. The van der Waals surface area contributed by atoms with Gasteiger partial charge >= 0.3 is 72.5 Å². The summed E-state index contributed by atoms with van der Waals surface area (Å²) in [6, 6.07) is 9.25. The lowest BCUT2D eigenvalue weighted by atomic mass is 9.86. The summed E-state index contributed by atoms with van der Waals surface area (Å²) in [6.45, 7) is 74.5. The topological polar surface area (TPSA) is 221 Å². The molecular weight excluding hydrogens is 1680 g/mol. The molecule has 16 nitrogen and oxygen atoms in total. The first-order valence-electron chi connectivity index (χ1n) is 45.3. The summed E-state index contributed by atoms with van der Waals surface area (Å²) >= 11 is 0. The third kappa shape index (κ3) is 56.8. The number of ether oxygens (including phenoxy) is 7. The second kappa shape index (κ2) is 57.6. The standard InChI is InChI=1S/C16H24O2.C14H28O2.C13H24O2.C12H21F3O2.C10H17F3O2.2C9H15F3O2.C8H20Si.C6H12O2/c1-7-16(5,6)14(17)18-13-10-8-12(9-11-13)15(2,3)4;1-6-9-10-12(7-2)11-16-13(15)14(4,5)8-3;1-5-12(3,4)11(14)15-13(6-2)9-7-8-10-13;1-6-11(4,5)10(16)17-9(3)7-8(2)12(13,14)15;1-6-9(5,10(11,12)13)7(14)15-8(2,3)4;2*1-5-8(3,4)7(13)14-6(2)9(10,11)12;1-6-8(2)7-9(3,4)5;1-4-6(2,3)5(7)8/h8-11H,7H2,1-6H3;12H,6-11H2,1-5H3;5-10H2,1-4H3;8-9H,6-7H2,1-5H3;6H2,1-5H3;2*6H,5H2,1-4H3;8H,6-7H2,1-5H3;4H2,1-3H3,(H,7,8). The van der Waals surface area contributed by atoms with Crippen molar-refractivity contribution in [1.29, 1.82) is 0 Å². The lowest BCUT2D eigenvalue weighted by Crippen LogP contribution is -2.45. The van der Waals surface area contributed by atoms with Crippen LogP contribution in [0.25, 0.3) is 0 Å². The summed E-state index contributed by atoms with van der Waals surface area (Å²) < 4.78 is 182. The van der Waals surface area contributed by atoms with E-state index in [0.29, 0.717) is 44.0 Å². The summed E-state index contributed by atoms with van der Waals surface area (Å²) in [7, 11) is -0.741. The molecule has 2 rings (SSSR count). The van der Waals surface area contributed by atoms with E-state index in [2.05, 4.69) is 84.5 Å². The first kappa shape index (κ1) is 133. The van der Waals surface area contributed by atoms with Crippen LogP contribution in [-0.2, 0) is 72.2 Å². The molecule has 0 heterocycles. The molecule has 0 bridgehead atoms. The van der Waals surface area contributed by atoms with Gasteiger partial charge in [0.25, 0.3) is 0 Å². The van der Waals surface area contributed by atoms with Crippen LogP contribution in [0, 0.1) is 61.1 Å². The molecule has 1 fully saturated rings. The molecule has 1 aromatic carbocycles. The minimum atomic E-state index is -4.58. The molecule has 0 saturated heterocycles. The van der Waals surface area contributed by atoms with E-state index in [0.717, 1.165) is 78.6 Å². The zero-order valence-electron chi connectivity index (χ0n) is 85.7. The van der Waals surface area contributed by atoms with Crippen LogP contribution in [0.1, 0.15) is 391 Å². The highest BCUT2D eigenvalue weighted by Gasteiger charge is 2.57. The Bertz CT molecular complexity index is 3190. The first-order chi connectivity index (χ1) is 56.2. The van der Waals surface area contributed by atoms with Crippen LogP contribution >= 0.6 is 0 Å². The van der Waals surface area contributed by atoms with Crippen LogP contribution in [0.2, 0.25) is 25.7 Å². The number of alkyl halides is 12. The molecule has 1 N–H and O–H groups in total. The Hall–Kier alpha value is -5.64. The zero-order valence-corrected chi connectivity index (χ0v) is 86.7. The summed E-state index contributed by atoms with van der Waals surface area (Å²) in [5.41, 5.74) is -6.10. The molecule has 0 aromatic heterocycles. The summed E-state index contributed by atoms with van der Waals surface area (Å²) in [6.07, 6.45) is -6.99. The quantitative estimate of drug-likeness (QED) is 0.0227. The Morgan fingerprint density at radius 2 is 0.786 bits per heavy atom. The normalized spacial score (nSPS) is 15.3. The van der Waals surface area contributed by atoms with Gasteiger partial charge in [-0.2, -0.15) is 52.7 Å². The number of unbranched alkanes of at least 4 members (excludes halogenated alkanes) is 1. The predicted molar refractivity (Wildman–Crippen MR) is 485 cm³/mol. The molecule has 7 unspecified atom stereocenters. The maximum Gasteiger partial charge on any atom is 0.425 e. The Balaban J connectivity index is -0.000000255. The van der Waals surface area contributed by atoms with E-state index < -0.39 is 125 Å². The van der Waals surface area contributed by atoms with Gasteiger partial charge in [-0.1, -0.05) is 181 Å². The lowest BCUT2D eigenvalue weighted by Gasteiger charge is -2.32. The molecule has 126 heavy (non-hydrogen) atoms. The Morgan fingerprint density at radius 3 is 1.05 bits per heavy atom. The SMILES string of the molecule is CCC(C)(C(=O)OC(C)(C)C)C(F)(F)F.CCC(C)(C)C(=O)O.CCC(C)(C)C(=O)OC(C)C(F)(F)F.CCC(C)(C)C(=O)OC(C)C(F)(F)F.CCC(C)(C)C(=O)OC(C)CC(C)C(F)(F)F.CCC(C)(C)C(=O)Oc1ccc(C(C)(C)C)cc1.CCC(C)C[Si](C)(C)C.CCC1(OC(=O)C(C)(C)CC)CCCC1.CCCCC(CC)COC(=O)C(C)(C)CC. The second-order valence-corrected chi connectivity index (χ2v) is 46.8. The third-order valence-corrected chi connectivity index (χ3v) is 25.3. The van der Waals surface area contributed by atoms with Gasteiger partial charge in [-0.15, -0.1) is 0 Å². The Labute approximate surface area is 755 Å². The largest absolute Gasteiger partial charge is 0.481 e. The van der Waals surface area contributed by atoms with Gasteiger partial charge in [0, 0.05) is 8.07 Å². The molecule has 0 aliphatic heterocycles.